The summed E-state index contributed by atoms with van der Waals surface area (Å²) in [5.74, 6) is 0.878. The molecule has 0 radical (unpaired) electrons. The number of nitrogens with zero attached hydrogens (tertiary/aromatic N) is 3. The number of aryl methyl sites for hydroxylation is 1. The number of piperazine rings is 1. The Morgan fingerprint density at radius 2 is 2.00 bits per heavy atom. The summed E-state index contributed by atoms with van der Waals surface area (Å²) in [6.45, 7) is 7.02. The van der Waals surface area contributed by atoms with E-state index >= 15 is 0 Å². The molecule has 1 aromatic carbocycles. The average molecular weight is 382 g/mol. The molecule has 1 atom stereocenters. The number of aliphatic hydroxyl groups excluding tert-OH is 1. The largest absolute Gasteiger partial charge is 0.497 e. The lowest BCUT2D eigenvalue weighted by molar-refractivity contribution is 0.0587. The number of ether oxygens (including phenoxy) is 1. The van der Waals surface area contributed by atoms with Crippen molar-refractivity contribution in [2.45, 2.75) is 25.9 Å². The zero-order valence-electron chi connectivity index (χ0n) is 16.9. The van der Waals surface area contributed by atoms with E-state index in [-0.39, 0.29) is 6.61 Å². The van der Waals surface area contributed by atoms with E-state index in [1.807, 2.05) is 25.1 Å². The molecular weight excluding hydrogens is 350 g/mol. The normalized spacial score (nSPS) is 18.6. The molecule has 1 aliphatic rings. The molecule has 0 bridgehead atoms. The van der Waals surface area contributed by atoms with E-state index in [0.29, 0.717) is 6.04 Å². The first-order valence-electron chi connectivity index (χ1n) is 9.98. The molecule has 1 saturated heterocycles. The van der Waals surface area contributed by atoms with Gasteiger partial charge in [-0.1, -0.05) is 30.4 Å². The third-order valence-electron chi connectivity index (χ3n) is 5.25. The molecule has 1 aliphatic heterocycles. The first kappa shape index (κ1) is 20.5. The lowest BCUT2D eigenvalue weighted by atomic mass is 10.1. The van der Waals surface area contributed by atoms with Crippen LogP contribution in [-0.4, -0.2) is 65.8 Å². The van der Waals surface area contributed by atoms with Gasteiger partial charge < -0.3 is 9.84 Å². The number of pyridine rings is 1. The van der Waals surface area contributed by atoms with Crippen LogP contribution in [0.5, 0.6) is 5.75 Å². The fraction of sp³-hybridized carbons (Fsp3) is 0.435. The highest BCUT2D eigenvalue weighted by atomic mass is 16.5. The van der Waals surface area contributed by atoms with Crippen molar-refractivity contribution in [2.75, 3.05) is 39.9 Å². The molecule has 0 aliphatic carbocycles. The van der Waals surface area contributed by atoms with Gasteiger partial charge in [-0.2, -0.15) is 0 Å². The van der Waals surface area contributed by atoms with Crippen molar-refractivity contribution >= 4 is 6.08 Å². The standard InChI is InChI=1S/C23H31N3O2/c1-19-5-3-7-21(24-19)17-26-15-14-25(18-22(26)12-16-27)13-4-6-20-8-10-23(28-2)11-9-20/h3-11,22,27H,12-18H2,1-2H3. The van der Waals surface area contributed by atoms with Crippen molar-refractivity contribution in [2.24, 2.45) is 0 Å². The van der Waals surface area contributed by atoms with Crippen molar-refractivity contribution < 1.29 is 9.84 Å². The Labute approximate surface area is 168 Å². The first-order valence-corrected chi connectivity index (χ1v) is 9.98. The summed E-state index contributed by atoms with van der Waals surface area (Å²) in [4.78, 5) is 9.56. The van der Waals surface area contributed by atoms with Crippen LogP contribution >= 0.6 is 0 Å². The molecule has 1 unspecified atom stereocenters. The number of methoxy groups -OCH3 is 1. The Morgan fingerprint density at radius 3 is 2.71 bits per heavy atom. The van der Waals surface area contributed by atoms with Gasteiger partial charge in [-0.3, -0.25) is 14.8 Å². The van der Waals surface area contributed by atoms with Gasteiger partial charge in [0.05, 0.1) is 12.8 Å². The molecule has 0 amide bonds. The van der Waals surface area contributed by atoms with Crippen molar-refractivity contribution in [1.29, 1.82) is 0 Å². The van der Waals surface area contributed by atoms with Crippen LogP contribution in [0.3, 0.4) is 0 Å². The molecule has 0 spiro atoms. The number of benzene rings is 1. The molecule has 1 N–H and O–H groups in total. The van der Waals surface area contributed by atoms with Crippen LogP contribution in [0.4, 0.5) is 0 Å². The second kappa shape index (κ2) is 10.4. The minimum atomic E-state index is 0.220. The quantitative estimate of drug-likeness (QED) is 0.762. The van der Waals surface area contributed by atoms with E-state index < -0.39 is 0 Å². The van der Waals surface area contributed by atoms with Gasteiger partial charge >= 0.3 is 0 Å². The van der Waals surface area contributed by atoms with Crippen LogP contribution in [0.1, 0.15) is 23.4 Å². The van der Waals surface area contributed by atoms with E-state index in [2.05, 4.69) is 51.2 Å². The lowest BCUT2D eigenvalue weighted by Gasteiger charge is -2.41. The Kier molecular flexibility index (Phi) is 7.60. The van der Waals surface area contributed by atoms with Crippen LogP contribution in [0.2, 0.25) is 0 Å². The van der Waals surface area contributed by atoms with Crippen molar-refractivity contribution in [3.8, 4) is 5.75 Å². The molecule has 150 valence electrons. The number of rotatable bonds is 8. The summed E-state index contributed by atoms with van der Waals surface area (Å²) in [6, 6.07) is 14.6. The summed E-state index contributed by atoms with van der Waals surface area (Å²) in [6.07, 6.45) is 5.17. The minimum absolute atomic E-state index is 0.220. The smallest absolute Gasteiger partial charge is 0.118 e. The highest BCUT2D eigenvalue weighted by Gasteiger charge is 2.26. The van der Waals surface area contributed by atoms with Gasteiger partial charge in [-0.05, 0) is 43.2 Å². The van der Waals surface area contributed by atoms with Crippen LogP contribution in [0.25, 0.3) is 6.08 Å². The van der Waals surface area contributed by atoms with Gasteiger partial charge in [0.2, 0.25) is 0 Å². The maximum absolute atomic E-state index is 9.52. The number of aliphatic hydroxyl groups is 1. The monoisotopic (exact) mass is 381 g/mol. The minimum Gasteiger partial charge on any atom is -0.497 e. The van der Waals surface area contributed by atoms with Gasteiger partial charge in [-0.15, -0.1) is 0 Å². The van der Waals surface area contributed by atoms with Gasteiger partial charge in [0.1, 0.15) is 5.75 Å². The Balaban J connectivity index is 1.54. The van der Waals surface area contributed by atoms with Gasteiger partial charge in [0.25, 0.3) is 0 Å². The molecule has 28 heavy (non-hydrogen) atoms. The van der Waals surface area contributed by atoms with Crippen molar-refractivity contribution in [3.63, 3.8) is 0 Å². The summed E-state index contributed by atoms with van der Waals surface area (Å²) < 4.78 is 5.20. The van der Waals surface area contributed by atoms with Crippen LogP contribution in [0.15, 0.2) is 48.5 Å². The SMILES string of the molecule is COc1ccc(C=CCN2CCN(Cc3cccc(C)n3)C(CCO)C2)cc1. The Bertz CT molecular complexity index is 761. The first-order chi connectivity index (χ1) is 13.7. The fourth-order valence-corrected chi connectivity index (χ4v) is 3.70. The van der Waals surface area contributed by atoms with E-state index in [1.165, 1.54) is 5.56 Å². The molecule has 3 rings (SSSR count). The third-order valence-corrected chi connectivity index (χ3v) is 5.25. The van der Waals surface area contributed by atoms with Gasteiger partial charge in [0.15, 0.2) is 0 Å². The molecule has 5 nitrogen and oxygen atoms in total. The van der Waals surface area contributed by atoms with Gasteiger partial charge in [-0.25, -0.2) is 0 Å². The number of aromatic nitrogens is 1. The highest BCUT2D eigenvalue weighted by molar-refractivity contribution is 5.50. The maximum Gasteiger partial charge on any atom is 0.118 e. The van der Waals surface area contributed by atoms with Crippen molar-refractivity contribution in [1.82, 2.24) is 14.8 Å². The molecule has 0 saturated carbocycles. The summed E-state index contributed by atoms with van der Waals surface area (Å²) >= 11 is 0. The Hall–Kier alpha value is -2.21. The predicted molar refractivity (Wildman–Crippen MR) is 113 cm³/mol. The lowest BCUT2D eigenvalue weighted by Crippen LogP contribution is -2.52. The molecule has 5 heteroatoms. The summed E-state index contributed by atoms with van der Waals surface area (Å²) in [7, 11) is 1.68. The fourth-order valence-electron chi connectivity index (χ4n) is 3.70. The second-order valence-electron chi connectivity index (χ2n) is 7.34. The van der Waals surface area contributed by atoms with Crippen LogP contribution in [-0.2, 0) is 6.54 Å². The van der Waals surface area contributed by atoms with Gasteiger partial charge in [0, 0.05) is 51.1 Å². The third kappa shape index (κ3) is 5.89. The summed E-state index contributed by atoms with van der Waals surface area (Å²) in [5, 5.41) is 9.52. The number of hydrogen-bond acceptors (Lipinski definition) is 5. The highest BCUT2D eigenvalue weighted by Crippen LogP contribution is 2.17. The zero-order valence-corrected chi connectivity index (χ0v) is 16.9. The second-order valence-corrected chi connectivity index (χ2v) is 7.34. The topological polar surface area (TPSA) is 48.8 Å². The Morgan fingerprint density at radius 1 is 1.18 bits per heavy atom. The molecule has 1 aromatic heterocycles. The molecular formula is C23H31N3O2. The van der Waals surface area contributed by atoms with E-state index in [1.54, 1.807) is 7.11 Å². The summed E-state index contributed by atoms with van der Waals surface area (Å²) in [5.41, 5.74) is 3.34. The maximum atomic E-state index is 9.52. The molecule has 2 aromatic rings. The van der Waals surface area contributed by atoms with Crippen molar-refractivity contribution in [3.05, 3.63) is 65.5 Å². The zero-order chi connectivity index (χ0) is 19.8. The van der Waals surface area contributed by atoms with E-state index in [4.69, 9.17) is 4.74 Å². The average Bonchev–Trinajstić information content (AvgIpc) is 2.71. The molecule has 2 heterocycles. The molecule has 1 fully saturated rings. The van der Waals surface area contributed by atoms with Crippen LogP contribution in [0, 0.1) is 6.92 Å². The van der Waals surface area contributed by atoms with Crippen LogP contribution < -0.4 is 4.74 Å². The predicted octanol–water partition coefficient (Wildman–Crippen LogP) is 2.98. The van der Waals surface area contributed by atoms with E-state index in [9.17, 15) is 5.11 Å². The van der Waals surface area contributed by atoms with E-state index in [0.717, 1.165) is 56.3 Å². The number of hydrogen-bond donors (Lipinski definition) is 1.